The fourth-order valence-corrected chi connectivity index (χ4v) is 4.32. The number of aryl methyl sites for hydroxylation is 1. The number of aromatic nitrogens is 4. The van der Waals surface area contributed by atoms with Gasteiger partial charge in [-0.05, 0) is 29.8 Å². The molecule has 1 aromatic carbocycles. The second-order valence-electron chi connectivity index (χ2n) is 8.07. The van der Waals surface area contributed by atoms with Crippen LogP contribution in [0.2, 0.25) is 0 Å². The Morgan fingerprint density at radius 3 is 2.42 bits per heavy atom. The highest BCUT2D eigenvalue weighted by atomic mass is 16.2. The third kappa shape index (κ3) is 3.74. The van der Waals surface area contributed by atoms with Crippen molar-refractivity contribution in [3.63, 3.8) is 0 Å². The van der Waals surface area contributed by atoms with Gasteiger partial charge in [-0.1, -0.05) is 18.7 Å². The second-order valence-corrected chi connectivity index (χ2v) is 8.07. The van der Waals surface area contributed by atoms with Gasteiger partial charge < -0.3 is 9.80 Å². The molecule has 1 fully saturated rings. The van der Waals surface area contributed by atoms with E-state index in [1.54, 1.807) is 15.4 Å². The summed E-state index contributed by atoms with van der Waals surface area (Å²) in [5.41, 5.74) is 6.34. The fourth-order valence-electron chi connectivity index (χ4n) is 4.32. The molecule has 4 aromatic rings. The van der Waals surface area contributed by atoms with Crippen LogP contribution in [0.25, 0.3) is 27.8 Å². The molecule has 0 radical (unpaired) electrons. The number of hydrogen-bond acceptors (Lipinski definition) is 5. The highest BCUT2D eigenvalue weighted by Gasteiger charge is 2.20. The van der Waals surface area contributed by atoms with Crippen LogP contribution in [0.5, 0.6) is 0 Å². The second kappa shape index (κ2) is 8.28. The molecule has 1 amide bonds. The van der Waals surface area contributed by atoms with E-state index in [9.17, 15) is 10.1 Å². The van der Waals surface area contributed by atoms with E-state index in [2.05, 4.69) is 58.1 Å². The van der Waals surface area contributed by atoms with Crippen molar-refractivity contribution < 1.29 is 4.79 Å². The van der Waals surface area contributed by atoms with Gasteiger partial charge in [0.15, 0.2) is 0 Å². The van der Waals surface area contributed by atoms with Crippen molar-refractivity contribution in [2.75, 3.05) is 31.1 Å². The van der Waals surface area contributed by atoms with Gasteiger partial charge >= 0.3 is 0 Å². The molecule has 0 atom stereocenters. The van der Waals surface area contributed by atoms with Crippen molar-refractivity contribution in [3.8, 4) is 28.3 Å². The molecule has 1 aliphatic heterocycles. The Morgan fingerprint density at radius 1 is 1.03 bits per heavy atom. The number of nitriles is 1. The Labute approximate surface area is 191 Å². The largest absolute Gasteiger partial charge is 0.368 e. The lowest BCUT2D eigenvalue weighted by Gasteiger charge is -2.35. The zero-order valence-corrected chi connectivity index (χ0v) is 18.3. The highest BCUT2D eigenvalue weighted by Crippen LogP contribution is 2.33. The first-order chi connectivity index (χ1) is 16.1. The van der Waals surface area contributed by atoms with Gasteiger partial charge in [-0.25, -0.2) is 4.52 Å². The summed E-state index contributed by atoms with van der Waals surface area (Å²) in [5, 5.41) is 18.3. The maximum Gasteiger partial charge on any atom is 0.246 e. The fraction of sp³-hybridized carbons (Fsp3) is 0.200. The Balaban J connectivity index is 1.49. The number of fused-ring (bicyclic) bond motifs is 1. The van der Waals surface area contributed by atoms with Crippen LogP contribution in [0, 0.1) is 11.3 Å². The number of rotatable bonds is 4. The number of carbonyl (C=O) groups excluding carboxylic acids is 1. The summed E-state index contributed by atoms with van der Waals surface area (Å²) in [6.45, 7) is 6.49. The number of hydrogen-bond donors (Lipinski definition) is 0. The molecule has 164 valence electrons. The standard InChI is InChI=1S/C25H23N7O/c1-3-24(33)31-10-8-30(9-11-31)22-6-4-18(5-7-22)23-12-19(21-15-27-29(2)16-21)17-32-25(23)20(13-26)14-28-32/h3-7,12,14-17H,1,8-11H2,2H3. The van der Waals surface area contributed by atoms with Gasteiger partial charge in [0.2, 0.25) is 5.91 Å². The first-order valence-electron chi connectivity index (χ1n) is 10.7. The molecule has 0 saturated carbocycles. The quantitative estimate of drug-likeness (QED) is 0.458. The minimum Gasteiger partial charge on any atom is -0.368 e. The van der Waals surface area contributed by atoms with Crippen LogP contribution in [0.1, 0.15) is 5.56 Å². The normalized spacial score (nSPS) is 13.8. The Morgan fingerprint density at radius 2 is 1.79 bits per heavy atom. The van der Waals surface area contributed by atoms with Crippen LogP contribution in [-0.4, -0.2) is 56.4 Å². The van der Waals surface area contributed by atoms with Crippen molar-refractivity contribution in [1.29, 1.82) is 5.26 Å². The zero-order chi connectivity index (χ0) is 22.9. The molecule has 3 aromatic heterocycles. The van der Waals surface area contributed by atoms with Crippen LogP contribution in [0.15, 0.2) is 67.8 Å². The molecule has 1 saturated heterocycles. The van der Waals surface area contributed by atoms with E-state index in [4.69, 9.17) is 0 Å². The molecule has 8 heteroatoms. The van der Waals surface area contributed by atoms with E-state index in [-0.39, 0.29) is 5.91 Å². The summed E-state index contributed by atoms with van der Waals surface area (Å²) < 4.78 is 3.53. The Bertz CT molecular complexity index is 1380. The van der Waals surface area contributed by atoms with Gasteiger partial charge in [0, 0.05) is 68.0 Å². The summed E-state index contributed by atoms with van der Waals surface area (Å²) in [4.78, 5) is 15.9. The summed E-state index contributed by atoms with van der Waals surface area (Å²) >= 11 is 0. The van der Waals surface area contributed by atoms with E-state index in [1.165, 1.54) is 6.08 Å². The van der Waals surface area contributed by atoms with E-state index in [0.29, 0.717) is 18.7 Å². The summed E-state index contributed by atoms with van der Waals surface area (Å²) in [7, 11) is 1.89. The maximum absolute atomic E-state index is 11.8. The van der Waals surface area contributed by atoms with Crippen molar-refractivity contribution >= 4 is 17.1 Å². The molecule has 33 heavy (non-hydrogen) atoms. The molecule has 1 aliphatic rings. The van der Waals surface area contributed by atoms with Crippen molar-refractivity contribution in [1.82, 2.24) is 24.3 Å². The number of piperazine rings is 1. The van der Waals surface area contributed by atoms with Gasteiger partial charge in [-0.15, -0.1) is 0 Å². The van der Waals surface area contributed by atoms with Gasteiger partial charge in [-0.2, -0.15) is 15.5 Å². The predicted molar refractivity (Wildman–Crippen MR) is 127 cm³/mol. The average Bonchev–Trinajstić information content (AvgIpc) is 3.49. The topological polar surface area (TPSA) is 82.5 Å². The van der Waals surface area contributed by atoms with E-state index >= 15 is 0 Å². The van der Waals surface area contributed by atoms with E-state index < -0.39 is 0 Å². The predicted octanol–water partition coefficient (Wildman–Crippen LogP) is 3.11. The van der Waals surface area contributed by atoms with Crippen molar-refractivity contribution in [3.05, 3.63) is 73.3 Å². The molecule has 0 unspecified atom stereocenters. The number of anilines is 1. The molecular formula is C25H23N7O. The van der Waals surface area contributed by atoms with E-state index in [0.717, 1.165) is 46.5 Å². The number of pyridine rings is 1. The number of nitrogens with zero attached hydrogens (tertiary/aromatic N) is 7. The highest BCUT2D eigenvalue weighted by molar-refractivity contribution is 5.88. The summed E-state index contributed by atoms with van der Waals surface area (Å²) in [6, 6.07) is 12.7. The number of amides is 1. The number of carbonyl (C=O) groups is 1. The lowest BCUT2D eigenvalue weighted by molar-refractivity contribution is -0.126. The van der Waals surface area contributed by atoms with E-state index in [1.807, 2.05) is 30.5 Å². The maximum atomic E-state index is 11.8. The van der Waals surface area contributed by atoms with Crippen LogP contribution < -0.4 is 4.90 Å². The van der Waals surface area contributed by atoms with Crippen LogP contribution >= 0.6 is 0 Å². The minimum atomic E-state index is -0.0170. The van der Waals surface area contributed by atoms with Crippen molar-refractivity contribution in [2.24, 2.45) is 7.05 Å². The molecule has 4 heterocycles. The summed E-state index contributed by atoms with van der Waals surface area (Å²) in [6.07, 6.45) is 8.68. The molecule has 0 spiro atoms. The monoisotopic (exact) mass is 437 g/mol. The molecule has 5 rings (SSSR count). The summed E-state index contributed by atoms with van der Waals surface area (Å²) in [5.74, 6) is -0.0170. The minimum absolute atomic E-state index is 0.0170. The van der Waals surface area contributed by atoms with Crippen LogP contribution in [0.3, 0.4) is 0 Å². The van der Waals surface area contributed by atoms with Crippen LogP contribution in [-0.2, 0) is 11.8 Å². The number of benzene rings is 1. The average molecular weight is 438 g/mol. The van der Waals surface area contributed by atoms with Gasteiger partial charge in [-0.3, -0.25) is 9.48 Å². The Kier molecular flexibility index (Phi) is 5.15. The molecule has 0 aliphatic carbocycles. The molecule has 8 nitrogen and oxygen atoms in total. The van der Waals surface area contributed by atoms with Gasteiger partial charge in [0.05, 0.1) is 23.5 Å². The first-order valence-corrected chi connectivity index (χ1v) is 10.7. The first kappa shape index (κ1) is 20.5. The molecule has 0 N–H and O–H groups in total. The van der Waals surface area contributed by atoms with Gasteiger partial charge in [0.25, 0.3) is 0 Å². The van der Waals surface area contributed by atoms with Gasteiger partial charge in [0.1, 0.15) is 6.07 Å². The van der Waals surface area contributed by atoms with Crippen LogP contribution in [0.4, 0.5) is 5.69 Å². The smallest absolute Gasteiger partial charge is 0.246 e. The third-order valence-corrected chi connectivity index (χ3v) is 6.08. The molecular weight excluding hydrogens is 414 g/mol. The zero-order valence-electron chi connectivity index (χ0n) is 18.3. The Hall–Kier alpha value is -4.38. The lowest BCUT2D eigenvalue weighted by atomic mass is 9.99. The third-order valence-electron chi connectivity index (χ3n) is 6.08. The lowest BCUT2D eigenvalue weighted by Crippen LogP contribution is -2.48. The molecule has 0 bridgehead atoms. The van der Waals surface area contributed by atoms with Crippen molar-refractivity contribution in [2.45, 2.75) is 0 Å². The SMILES string of the molecule is C=CC(=O)N1CCN(c2ccc(-c3cc(-c4cnn(C)c4)cn4ncc(C#N)c34)cc2)CC1.